The van der Waals surface area contributed by atoms with Gasteiger partial charge in [0, 0.05) is 30.5 Å². The highest BCUT2D eigenvalue weighted by molar-refractivity contribution is 6.02. The molecule has 0 atom stereocenters. The SMILES string of the molecule is CC1CCN(c2ccc(NC(=O)c3ccc(=O)n(-c4ccccc4)n3)cc2)CC1. The Hall–Kier alpha value is -3.41. The maximum atomic E-state index is 12.6. The molecule has 0 radical (unpaired) electrons. The van der Waals surface area contributed by atoms with Gasteiger partial charge in [0.2, 0.25) is 0 Å². The normalized spacial score (nSPS) is 14.6. The Morgan fingerprint density at radius 2 is 1.62 bits per heavy atom. The number of aromatic nitrogens is 2. The number of amides is 1. The first-order valence-corrected chi connectivity index (χ1v) is 9.92. The largest absolute Gasteiger partial charge is 0.372 e. The van der Waals surface area contributed by atoms with Crippen molar-refractivity contribution in [2.24, 2.45) is 5.92 Å². The number of carbonyl (C=O) groups is 1. The highest BCUT2D eigenvalue weighted by atomic mass is 16.2. The zero-order chi connectivity index (χ0) is 20.2. The molecule has 148 valence electrons. The van der Waals surface area contributed by atoms with Gasteiger partial charge in [-0.05, 0) is 61.2 Å². The number of nitrogens with zero attached hydrogens (tertiary/aromatic N) is 3. The fourth-order valence-corrected chi connectivity index (χ4v) is 3.50. The topological polar surface area (TPSA) is 67.2 Å². The minimum atomic E-state index is -0.353. The van der Waals surface area contributed by atoms with Crippen molar-refractivity contribution < 1.29 is 4.79 Å². The van der Waals surface area contributed by atoms with Gasteiger partial charge in [0.05, 0.1) is 5.69 Å². The van der Waals surface area contributed by atoms with Crippen LogP contribution in [0.4, 0.5) is 11.4 Å². The van der Waals surface area contributed by atoms with Crippen molar-refractivity contribution in [1.82, 2.24) is 9.78 Å². The van der Waals surface area contributed by atoms with Gasteiger partial charge >= 0.3 is 0 Å². The molecule has 0 bridgehead atoms. The van der Waals surface area contributed by atoms with Crippen LogP contribution in [0, 0.1) is 5.92 Å². The zero-order valence-corrected chi connectivity index (χ0v) is 16.4. The standard InChI is InChI=1S/C23H24N4O2/c1-17-13-15-26(16-14-17)19-9-7-18(8-10-19)24-23(29)21-11-12-22(28)27(25-21)20-5-3-2-4-6-20/h2-12,17H,13-16H2,1H3,(H,24,29). The minimum Gasteiger partial charge on any atom is -0.372 e. The summed E-state index contributed by atoms with van der Waals surface area (Å²) in [7, 11) is 0. The van der Waals surface area contributed by atoms with E-state index in [1.54, 1.807) is 12.1 Å². The number of nitrogens with one attached hydrogen (secondary N) is 1. The third-order valence-electron chi connectivity index (χ3n) is 5.31. The van der Waals surface area contributed by atoms with Gasteiger partial charge in [0.15, 0.2) is 0 Å². The molecule has 6 nitrogen and oxygen atoms in total. The molecule has 0 unspecified atom stereocenters. The van der Waals surface area contributed by atoms with Gasteiger partial charge in [-0.2, -0.15) is 9.78 Å². The molecule has 1 amide bonds. The lowest BCUT2D eigenvalue weighted by molar-refractivity contribution is 0.102. The number of hydrogen-bond acceptors (Lipinski definition) is 4. The van der Waals surface area contributed by atoms with Gasteiger partial charge < -0.3 is 10.2 Å². The smallest absolute Gasteiger partial charge is 0.276 e. The molecule has 1 aromatic heterocycles. The summed E-state index contributed by atoms with van der Waals surface area (Å²) in [5, 5.41) is 7.08. The third-order valence-corrected chi connectivity index (χ3v) is 5.31. The van der Waals surface area contributed by atoms with Crippen molar-refractivity contribution in [3.05, 3.63) is 82.8 Å². The molecule has 1 aliphatic rings. The molecule has 3 aromatic rings. The number of rotatable bonds is 4. The Morgan fingerprint density at radius 3 is 2.31 bits per heavy atom. The van der Waals surface area contributed by atoms with Crippen molar-refractivity contribution in [3.63, 3.8) is 0 Å². The number of para-hydroxylation sites is 1. The fraction of sp³-hybridized carbons (Fsp3) is 0.261. The summed E-state index contributed by atoms with van der Waals surface area (Å²) < 4.78 is 1.23. The summed E-state index contributed by atoms with van der Waals surface area (Å²) >= 11 is 0. The van der Waals surface area contributed by atoms with Crippen LogP contribution in [-0.2, 0) is 0 Å². The Labute approximate surface area is 169 Å². The van der Waals surface area contributed by atoms with Crippen LogP contribution in [0.3, 0.4) is 0 Å². The first-order chi connectivity index (χ1) is 14.1. The Kier molecular flexibility index (Phi) is 5.42. The van der Waals surface area contributed by atoms with E-state index in [-0.39, 0.29) is 17.2 Å². The quantitative estimate of drug-likeness (QED) is 0.740. The van der Waals surface area contributed by atoms with E-state index in [2.05, 4.69) is 22.2 Å². The van der Waals surface area contributed by atoms with Crippen LogP contribution in [-0.4, -0.2) is 28.8 Å². The average Bonchev–Trinajstić information content (AvgIpc) is 2.76. The molecule has 2 aromatic carbocycles. The van der Waals surface area contributed by atoms with E-state index < -0.39 is 0 Å². The summed E-state index contributed by atoms with van der Waals surface area (Å²) in [5.74, 6) is 0.436. The number of anilines is 2. The van der Waals surface area contributed by atoms with Crippen molar-refractivity contribution in [2.45, 2.75) is 19.8 Å². The number of carbonyl (C=O) groups excluding carboxylic acids is 1. The maximum Gasteiger partial charge on any atom is 0.276 e. The second kappa shape index (κ2) is 8.31. The van der Waals surface area contributed by atoms with Gasteiger partial charge in [0.25, 0.3) is 11.5 Å². The van der Waals surface area contributed by atoms with E-state index >= 15 is 0 Å². The molecule has 1 aliphatic heterocycles. The van der Waals surface area contributed by atoms with Gasteiger partial charge in [-0.25, -0.2) is 0 Å². The first kappa shape index (κ1) is 18.9. The molecule has 6 heteroatoms. The van der Waals surface area contributed by atoms with Crippen LogP contribution < -0.4 is 15.8 Å². The summed E-state index contributed by atoms with van der Waals surface area (Å²) in [6, 6.07) is 19.7. The molecule has 1 N–H and O–H groups in total. The van der Waals surface area contributed by atoms with Gasteiger partial charge in [-0.3, -0.25) is 9.59 Å². The first-order valence-electron chi connectivity index (χ1n) is 9.92. The van der Waals surface area contributed by atoms with E-state index in [1.165, 1.54) is 35.3 Å². The van der Waals surface area contributed by atoms with Crippen LogP contribution in [0.15, 0.2) is 71.5 Å². The summed E-state index contributed by atoms with van der Waals surface area (Å²) in [4.78, 5) is 27.1. The van der Waals surface area contributed by atoms with Crippen LogP contribution >= 0.6 is 0 Å². The van der Waals surface area contributed by atoms with Crippen LogP contribution in [0.5, 0.6) is 0 Å². The Morgan fingerprint density at radius 1 is 0.931 bits per heavy atom. The fourth-order valence-electron chi connectivity index (χ4n) is 3.50. The average molecular weight is 388 g/mol. The van der Waals surface area contributed by atoms with Gasteiger partial charge in [-0.1, -0.05) is 25.1 Å². The molecule has 29 heavy (non-hydrogen) atoms. The van der Waals surface area contributed by atoms with Crippen molar-refractivity contribution in [2.75, 3.05) is 23.3 Å². The molecular weight excluding hydrogens is 364 g/mol. The van der Waals surface area contributed by atoms with Crippen LogP contribution in [0.25, 0.3) is 5.69 Å². The van der Waals surface area contributed by atoms with E-state index in [0.717, 1.165) is 19.0 Å². The highest BCUT2D eigenvalue weighted by Crippen LogP contribution is 2.24. The maximum absolute atomic E-state index is 12.6. The summed E-state index contributed by atoms with van der Waals surface area (Å²) in [6.07, 6.45) is 2.42. The predicted octanol–water partition coefficient (Wildman–Crippen LogP) is 3.72. The second-order valence-electron chi connectivity index (χ2n) is 7.47. The second-order valence-corrected chi connectivity index (χ2v) is 7.47. The molecule has 0 aliphatic carbocycles. The summed E-state index contributed by atoms with van der Waals surface area (Å²) in [6.45, 7) is 4.43. The van der Waals surface area contributed by atoms with E-state index in [4.69, 9.17) is 0 Å². The van der Waals surface area contributed by atoms with Crippen molar-refractivity contribution in [3.8, 4) is 5.69 Å². The molecule has 2 heterocycles. The van der Waals surface area contributed by atoms with E-state index in [1.807, 2.05) is 42.5 Å². The van der Waals surface area contributed by atoms with Gasteiger partial charge in [0.1, 0.15) is 5.69 Å². The minimum absolute atomic E-state index is 0.183. The van der Waals surface area contributed by atoms with E-state index in [0.29, 0.717) is 11.4 Å². The highest BCUT2D eigenvalue weighted by Gasteiger charge is 2.16. The third kappa shape index (κ3) is 4.37. The monoisotopic (exact) mass is 388 g/mol. The number of piperidine rings is 1. The Bertz CT molecular complexity index is 1040. The lowest BCUT2D eigenvalue weighted by Crippen LogP contribution is -2.32. The molecule has 1 fully saturated rings. The lowest BCUT2D eigenvalue weighted by atomic mass is 9.99. The van der Waals surface area contributed by atoms with Crippen molar-refractivity contribution in [1.29, 1.82) is 0 Å². The molecule has 0 spiro atoms. The molecule has 1 saturated heterocycles. The van der Waals surface area contributed by atoms with Gasteiger partial charge in [-0.15, -0.1) is 0 Å². The van der Waals surface area contributed by atoms with Crippen LogP contribution in [0.1, 0.15) is 30.3 Å². The molecule has 4 rings (SSSR count). The Balaban J connectivity index is 1.48. The van der Waals surface area contributed by atoms with Crippen molar-refractivity contribution >= 4 is 17.3 Å². The molecular formula is C23H24N4O2. The summed E-state index contributed by atoms with van der Waals surface area (Å²) in [5.41, 5.74) is 2.39. The lowest BCUT2D eigenvalue weighted by Gasteiger charge is -2.32. The number of hydrogen-bond donors (Lipinski definition) is 1. The number of benzene rings is 2. The zero-order valence-electron chi connectivity index (χ0n) is 16.4. The molecule has 0 saturated carbocycles. The van der Waals surface area contributed by atoms with E-state index in [9.17, 15) is 9.59 Å². The van der Waals surface area contributed by atoms with Crippen LogP contribution in [0.2, 0.25) is 0 Å². The predicted molar refractivity (Wildman–Crippen MR) is 115 cm³/mol.